The average Bonchev–Trinajstić information content (AvgIpc) is 3.53. The molecule has 2 bridgehead atoms. The van der Waals surface area contributed by atoms with E-state index in [1.165, 1.54) is 11.1 Å². The Bertz CT molecular complexity index is 1810. The molecule has 0 radical (unpaired) electrons. The van der Waals surface area contributed by atoms with Gasteiger partial charge in [-0.1, -0.05) is 50.6 Å². The van der Waals surface area contributed by atoms with Crippen LogP contribution in [0.4, 0.5) is 10.5 Å². The first-order valence-electron chi connectivity index (χ1n) is 18.4. The Kier molecular flexibility index (Phi) is 10.2. The number of nitrogens with one attached hydrogen (secondary N) is 1. The van der Waals surface area contributed by atoms with Crippen molar-refractivity contribution in [2.75, 3.05) is 57.2 Å². The number of amides is 3. The van der Waals surface area contributed by atoms with E-state index < -0.39 is 21.9 Å². The first kappa shape index (κ1) is 36.2. The van der Waals surface area contributed by atoms with Crippen LogP contribution in [-0.4, -0.2) is 85.0 Å². The van der Waals surface area contributed by atoms with Gasteiger partial charge in [-0.15, -0.1) is 4.36 Å². The summed E-state index contributed by atoms with van der Waals surface area (Å²) in [6.45, 7) is 9.90. The van der Waals surface area contributed by atoms with E-state index in [1.54, 1.807) is 18.1 Å². The number of hydrogen-bond donors (Lipinski definition) is 1. The molecule has 2 fully saturated rings. The van der Waals surface area contributed by atoms with Gasteiger partial charge in [0.05, 0.1) is 37.2 Å². The van der Waals surface area contributed by atoms with Crippen molar-refractivity contribution in [3.63, 3.8) is 0 Å². The third-order valence-corrected chi connectivity index (χ3v) is 14.0. The number of benzene rings is 2. The van der Waals surface area contributed by atoms with E-state index in [-0.39, 0.29) is 40.6 Å². The summed E-state index contributed by atoms with van der Waals surface area (Å²) in [6.07, 6.45) is 9.44. The van der Waals surface area contributed by atoms with Gasteiger partial charge in [-0.05, 0) is 97.7 Å². The smallest absolute Gasteiger partial charge is 0.330 e. The summed E-state index contributed by atoms with van der Waals surface area (Å²) >= 11 is 6.45. The predicted octanol–water partition coefficient (Wildman–Crippen LogP) is 6.79. The quantitative estimate of drug-likeness (QED) is 0.338. The standard InChI is InChI=1S/C39H51ClN4O6S/c1-26-8-5-10-34(48-4)28(3)27(2)20-43-22-38(15-6-9-29-18-31(40)12-13-32(29)38)25-49-35-14-11-30(19-33(35)43)36(45)41-51(47,21-26)42-37(46)44-23-39(24-44)16-7-17-50-39/h5,10-14,18-19,26-28,34H,6-9,15-17,20-25H2,1-4H3,(H,41,42,45,46,47)/b10-5+/t26-,27-,28+,34-,38-,51?/m0/s1. The molecule has 1 aliphatic carbocycles. The van der Waals surface area contributed by atoms with Crippen LogP contribution in [-0.2, 0) is 31.2 Å². The lowest BCUT2D eigenvalue weighted by molar-refractivity contribution is -0.0905. The Hall–Kier alpha value is -3.12. The number of rotatable bonds is 2. The average molecular weight is 739 g/mol. The molecule has 6 atom stereocenters. The number of halogens is 1. The number of carbonyl (C=O) groups excluding carboxylic acids is 2. The maximum absolute atomic E-state index is 14.5. The normalized spacial score (nSPS) is 32.7. The van der Waals surface area contributed by atoms with Gasteiger partial charge in [-0.25, -0.2) is 9.00 Å². The lowest BCUT2D eigenvalue weighted by Gasteiger charge is -2.46. The molecule has 2 aromatic rings. The monoisotopic (exact) mass is 738 g/mol. The fraction of sp³-hybridized carbons (Fsp3) is 0.590. The number of ether oxygens (including phenoxy) is 3. The highest BCUT2D eigenvalue weighted by Crippen LogP contribution is 2.45. The second kappa shape index (κ2) is 14.4. The van der Waals surface area contributed by atoms with Gasteiger partial charge in [0.2, 0.25) is 0 Å². The van der Waals surface area contributed by atoms with Crippen molar-refractivity contribution in [3.8, 4) is 5.75 Å². The van der Waals surface area contributed by atoms with E-state index >= 15 is 0 Å². The minimum absolute atomic E-state index is 0.0278. The molecule has 1 unspecified atom stereocenters. The summed E-state index contributed by atoms with van der Waals surface area (Å²) < 4.78 is 40.1. The van der Waals surface area contributed by atoms with Gasteiger partial charge in [0, 0.05) is 42.8 Å². The highest BCUT2D eigenvalue weighted by atomic mass is 35.5. The van der Waals surface area contributed by atoms with Crippen LogP contribution in [0.3, 0.4) is 0 Å². The molecule has 2 saturated heterocycles. The summed E-state index contributed by atoms with van der Waals surface area (Å²) in [5.74, 6) is 0.341. The topological polar surface area (TPSA) is 110 Å². The van der Waals surface area contributed by atoms with Gasteiger partial charge in [0.25, 0.3) is 5.91 Å². The van der Waals surface area contributed by atoms with E-state index in [1.807, 2.05) is 25.1 Å². The lowest BCUT2D eigenvalue weighted by Crippen LogP contribution is -2.65. The first-order chi connectivity index (χ1) is 24.4. The molecule has 276 valence electrons. The van der Waals surface area contributed by atoms with Gasteiger partial charge < -0.3 is 24.0 Å². The van der Waals surface area contributed by atoms with Crippen molar-refractivity contribution >= 4 is 39.1 Å². The molecule has 10 nitrogen and oxygen atoms in total. The third kappa shape index (κ3) is 7.41. The summed E-state index contributed by atoms with van der Waals surface area (Å²) in [7, 11) is -1.75. The summed E-state index contributed by atoms with van der Waals surface area (Å²) in [4.78, 5) is 31.4. The van der Waals surface area contributed by atoms with Crippen LogP contribution in [0.5, 0.6) is 5.75 Å². The second-order valence-electron chi connectivity index (χ2n) is 15.7. The van der Waals surface area contributed by atoms with Crippen LogP contribution in [0, 0.1) is 17.8 Å². The zero-order chi connectivity index (χ0) is 36.0. The summed E-state index contributed by atoms with van der Waals surface area (Å²) in [5.41, 5.74) is 3.05. The SMILES string of the molecule is CO[C@H]1/C=C/C[C@H](C)CS(=O)(NC(=O)N2CC3(CCCO3)C2)=NC(=O)c2ccc3c(c2)N(C[C@H](C)[C@H]1C)C[C@@]1(CCCc2cc(Cl)ccc21)CO3. The fourth-order valence-electron chi connectivity index (χ4n) is 8.74. The Morgan fingerprint density at radius 2 is 1.92 bits per heavy atom. The number of urea groups is 1. The Morgan fingerprint density at radius 1 is 1.10 bits per heavy atom. The van der Waals surface area contributed by atoms with Crippen LogP contribution in [0.1, 0.15) is 74.4 Å². The molecule has 2 aromatic carbocycles. The molecular formula is C39H51ClN4O6S. The molecule has 4 heterocycles. The maximum Gasteiger partial charge on any atom is 0.330 e. The number of aryl methyl sites for hydroxylation is 1. The molecule has 7 rings (SSSR count). The minimum Gasteiger partial charge on any atom is -0.490 e. The van der Waals surface area contributed by atoms with Crippen molar-refractivity contribution in [3.05, 3.63) is 70.3 Å². The van der Waals surface area contributed by atoms with Crippen molar-refractivity contribution in [1.29, 1.82) is 0 Å². The van der Waals surface area contributed by atoms with Gasteiger partial charge >= 0.3 is 6.03 Å². The van der Waals surface area contributed by atoms with Crippen LogP contribution in [0.2, 0.25) is 5.02 Å². The van der Waals surface area contributed by atoms with E-state index in [9.17, 15) is 13.8 Å². The fourth-order valence-corrected chi connectivity index (χ4v) is 10.8. The number of likely N-dealkylation sites (tertiary alicyclic amines) is 1. The summed E-state index contributed by atoms with van der Waals surface area (Å²) in [5, 5.41) is 0.737. The highest BCUT2D eigenvalue weighted by molar-refractivity contribution is 7.92. The molecule has 1 N–H and O–H groups in total. The molecule has 0 saturated carbocycles. The highest BCUT2D eigenvalue weighted by Gasteiger charge is 2.49. The minimum atomic E-state index is -3.49. The molecule has 0 aromatic heterocycles. The van der Waals surface area contributed by atoms with Crippen LogP contribution in [0.15, 0.2) is 52.9 Å². The van der Waals surface area contributed by atoms with Crippen molar-refractivity contribution < 1.29 is 28.0 Å². The van der Waals surface area contributed by atoms with Crippen molar-refractivity contribution in [2.24, 2.45) is 22.1 Å². The van der Waals surface area contributed by atoms with Crippen LogP contribution in [0.25, 0.3) is 0 Å². The molecule has 5 aliphatic rings. The Labute approximate surface area is 307 Å². The first-order valence-corrected chi connectivity index (χ1v) is 20.5. The number of carbonyl (C=O) groups is 2. The largest absolute Gasteiger partial charge is 0.490 e. The van der Waals surface area contributed by atoms with Gasteiger partial charge in [-0.3, -0.25) is 9.52 Å². The molecule has 2 spiro atoms. The van der Waals surface area contributed by atoms with Gasteiger partial charge in [0.1, 0.15) is 21.3 Å². The number of fused-ring (bicyclic) bond motifs is 3. The van der Waals surface area contributed by atoms with Gasteiger partial charge in [0.15, 0.2) is 0 Å². The zero-order valence-corrected chi connectivity index (χ0v) is 31.8. The number of anilines is 1. The van der Waals surface area contributed by atoms with E-state index in [2.05, 4.69) is 52.1 Å². The molecule has 51 heavy (non-hydrogen) atoms. The molecule has 12 heteroatoms. The number of nitrogens with zero attached hydrogens (tertiary/aromatic N) is 3. The summed E-state index contributed by atoms with van der Waals surface area (Å²) in [6, 6.07) is 11.1. The number of hydrogen-bond acceptors (Lipinski definition) is 7. The van der Waals surface area contributed by atoms with Crippen molar-refractivity contribution in [1.82, 2.24) is 9.62 Å². The van der Waals surface area contributed by atoms with E-state index in [0.29, 0.717) is 57.1 Å². The van der Waals surface area contributed by atoms with Crippen LogP contribution >= 0.6 is 11.6 Å². The van der Waals surface area contributed by atoms with Gasteiger partial charge in [-0.2, -0.15) is 0 Å². The third-order valence-electron chi connectivity index (χ3n) is 11.8. The lowest BCUT2D eigenvalue weighted by atomic mass is 9.70. The van der Waals surface area contributed by atoms with E-state index in [4.69, 9.17) is 25.8 Å². The predicted molar refractivity (Wildman–Crippen MR) is 200 cm³/mol. The number of methoxy groups -OCH3 is 1. The molecule has 4 aliphatic heterocycles. The maximum atomic E-state index is 14.5. The zero-order valence-electron chi connectivity index (χ0n) is 30.2. The Morgan fingerprint density at radius 3 is 2.69 bits per heavy atom. The van der Waals surface area contributed by atoms with E-state index in [0.717, 1.165) is 42.8 Å². The van der Waals surface area contributed by atoms with Crippen molar-refractivity contribution in [2.45, 2.75) is 76.4 Å². The molecule has 3 amide bonds. The number of allylic oxidation sites excluding steroid dienone is 1. The van der Waals surface area contributed by atoms with Crippen LogP contribution < -0.4 is 14.4 Å². The molecular weight excluding hydrogens is 688 g/mol. The second-order valence-corrected chi connectivity index (χ2v) is 18.1. The Balaban J connectivity index is 1.26.